The van der Waals surface area contributed by atoms with Crippen LogP contribution in [0.5, 0.6) is 0 Å². The first-order chi connectivity index (χ1) is 7.40. The predicted molar refractivity (Wildman–Crippen MR) is 64.7 cm³/mol. The van der Waals surface area contributed by atoms with E-state index < -0.39 is 11.1 Å². The van der Waals surface area contributed by atoms with Crippen molar-refractivity contribution >= 4 is 28.5 Å². The highest BCUT2D eigenvalue weighted by atomic mass is 35.5. The van der Waals surface area contributed by atoms with Crippen LogP contribution in [0.1, 0.15) is 13.8 Å². The lowest BCUT2D eigenvalue weighted by atomic mass is 10.2. The van der Waals surface area contributed by atoms with Crippen molar-refractivity contribution in [2.24, 2.45) is 5.73 Å². The zero-order valence-electron chi connectivity index (χ0n) is 9.80. The Labute approximate surface area is 100.0 Å². The molecule has 0 spiro atoms. The Balaban J connectivity index is 0. The topological polar surface area (TPSA) is 103 Å². The molecular weight excluding hydrogens is 232 g/mol. The molecular formula is C9H17ClN4O2. The number of nitrogens with one attached hydrogen (secondary N) is 2. The highest BCUT2D eigenvalue weighted by molar-refractivity contribution is 6.71. The van der Waals surface area contributed by atoms with Gasteiger partial charge in [-0.15, -0.1) is 0 Å². The summed E-state index contributed by atoms with van der Waals surface area (Å²) >= 11 is 5.34. The van der Waals surface area contributed by atoms with Gasteiger partial charge in [-0.05, 0) is 6.08 Å². The number of nitrogens with two attached hydrogens (primary N) is 1. The number of amides is 1. The summed E-state index contributed by atoms with van der Waals surface area (Å²) in [5.74, 6) is -0.994. The maximum atomic E-state index is 11.4. The molecule has 0 aromatic carbocycles. The van der Waals surface area contributed by atoms with Gasteiger partial charge in [0.05, 0.1) is 12.7 Å². The number of rotatable bonds is 4. The van der Waals surface area contributed by atoms with E-state index in [9.17, 15) is 4.79 Å². The maximum absolute atomic E-state index is 11.4. The van der Waals surface area contributed by atoms with Crippen molar-refractivity contribution in [3.8, 4) is 0 Å². The van der Waals surface area contributed by atoms with Crippen molar-refractivity contribution in [1.82, 2.24) is 5.06 Å². The van der Waals surface area contributed by atoms with Crippen molar-refractivity contribution < 1.29 is 9.63 Å². The van der Waals surface area contributed by atoms with Gasteiger partial charge < -0.3 is 5.73 Å². The SMILES string of the molecule is CC.CON(C)C(=O)/C(=C/C(=N)N)C(=N)Cl. The Morgan fingerprint density at radius 1 is 1.44 bits per heavy atom. The zero-order chi connectivity index (χ0) is 13.3. The van der Waals surface area contributed by atoms with Crippen LogP contribution in [0.4, 0.5) is 0 Å². The molecule has 0 fully saturated rings. The lowest BCUT2D eigenvalue weighted by molar-refractivity contribution is -0.163. The molecule has 0 saturated heterocycles. The number of hydrogen-bond donors (Lipinski definition) is 3. The van der Waals surface area contributed by atoms with E-state index in [1.165, 1.54) is 14.2 Å². The number of carbonyl (C=O) groups is 1. The molecule has 0 saturated carbocycles. The zero-order valence-corrected chi connectivity index (χ0v) is 10.6. The van der Waals surface area contributed by atoms with Crippen LogP contribution in [0.25, 0.3) is 0 Å². The average molecular weight is 249 g/mol. The Morgan fingerprint density at radius 2 is 1.88 bits per heavy atom. The van der Waals surface area contributed by atoms with Crippen molar-refractivity contribution in [3.63, 3.8) is 0 Å². The van der Waals surface area contributed by atoms with Gasteiger partial charge in [-0.1, -0.05) is 25.4 Å². The lowest BCUT2D eigenvalue weighted by Crippen LogP contribution is -2.29. The summed E-state index contributed by atoms with van der Waals surface area (Å²) < 4.78 is 0. The lowest BCUT2D eigenvalue weighted by Gasteiger charge is -2.14. The molecule has 7 heteroatoms. The van der Waals surface area contributed by atoms with Crippen LogP contribution in [0, 0.1) is 10.8 Å². The van der Waals surface area contributed by atoms with Crippen LogP contribution in [0.3, 0.4) is 0 Å². The van der Waals surface area contributed by atoms with Gasteiger partial charge in [0.2, 0.25) is 0 Å². The fourth-order valence-electron chi connectivity index (χ4n) is 0.627. The summed E-state index contributed by atoms with van der Waals surface area (Å²) in [4.78, 5) is 16.0. The molecule has 0 atom stereocenters. The van der Waals surface area contributed by atoms with Crippen LogP contribution in [0.2, 0.25) is 0 Å². The second kappa shape index (κ2) is 8.87. The summed E-state index contributed by atoms with van der Waals surface area (Å²) in [6.07, 6.45) is 0.993. The fraction of sp³-hybridized carbons (Fsp3) is 0.444. The summed E-state index contributed by atoms with van der Waals surface area (Å²) in [6, 6.07) is 0. The van der Waals surface area contributed by atoms with Crippen molar-refractivity contribution in [3.05, 3.63) is 11.6 Å². The molecule has 0 radical (unpaired) electrons. The van der Waals surface area contributed by atoms with Crippen molar-refractivity contribution in [2.75, 3.05) is 14.2 Å². The monoisotopic (exact) mass is 248 g/mol. The van der Waals surface area contributed by atoms with Gasteiger partial charge >= 0.3 is 0 Å². The van der Waals surface area contributed by atoms with E-state index in [4.69, 9.17) is 28.2 Å². The first-order valence-corrected chi connectivity index (χ1v) is 4.90. The summed E-state index contributed by atoms with van der Waals surface area (Å²) in [5, 5.41) is 14.4. The van der Waals surface area contributed by atoms with E-state index in [0.717, 1.165) is 11.1 Å². The number of hydroxylamine groups is 2. The van der Waals surface area contributed by atoms with E-state index in [1.807, 2.05) is 13.8 Å². The molecule has 0 aromatic rings. The second-order valence-corrected chi connectivity index (χ2v) is 2.69. The third-order valence-corrected chi connectivity index (χ3v) is 1.53. The molecule has 6 nitrogen and oxygen atoms in total. The molecule has 0 aliphatic rings. The second-order valence-electron chi connectivity index (χ2n) is 2.31. The van der Waals surface area contributed by atoms with Gasteiger partial charge in [-0.25, -0.2) is 5.06 Å². The van der Waals surface area contributed by atoms with Gasteiger partial charge in [0.15, 0.2) is 0 Å². The van der Waals surface area contributed by atoms with Crippen molar-refractivity contribution in [1.29, 1.82) is 10.8 Å². The quantitative estimate of drug-likeness (QED) is 0.300. The molecule has 0 aliphatic heterocycles. The Morgan fingerprint density at radius 3 is 2.12 bits per heavy atom. The third-order valence-electron chi connectivity index (χ3n) is 1.33. The normalized spacial score (nSPS) is 9.94. The van der Waals surface area contributed by atoms with Gasteiger partial charge in [0, 0.05) is 7.05 Å². The highest BCUT2D eigenvalue weighted by Crippen LogP contribution is 2.05. The molecule has 92 valence electrons. The number of amidine groups is 1. The number of carbonyl (C=O) groups excluding carboxylic acids is 1. The van der Waals surface area contributed by atoms with Crippen LogP contribution in [-0.2, 0) is 9.63 Å². The van der Waals surface area contributed by atoms with E-state index in [0.29, 0.717) is 0 Å². The first-order valence-electron chi connectivity index (χ1n) is 4.52. The van der Waals surface area contributed by atoms with E-state index >= 15 is 0 Å². The van der Waals surface area contributed by atoms with Gasteiger partial charge in [-0.3, -0.25) is 20.5 Å². The number of nitrogens with zero attached hydrogens (tertiary/aromatic N) is 1. The van der Waals surface area contributed by atoms with E-state index in [1.54, 1.807) is 0 Å². The van der Waals surface area contributed by atoms with Gasteiger partial charge in [0.1, 0.15) is 11.0 Å². The summed E-state index contributed by atoms with van der Waals surface area (Å²) in [5.41, 5.74) is 4.86. The molecule has 0 heterocycles. The Hall–Kier alpha value is -1.40. The predicted octanol–water partition coefficient (Wildman–Crippen LogP) is 1.11. The fourth-order valence-corrected chi connectivity index (χ4v) is 0.762. The minimum absolute atomic E-state index is 0.191. The average Bonchev–Trinajstić information content (AvgIpc) is 2.26. The van der Waals surface area contributed by atoms with Crippen LogP contribution >= 0.6 is 11.6 Å². The van der Waals surface area contributed by atoms with Gasteiger partial charge in [0.25, 0.3) is 5.91 Å². The smallest absolute Gasteiger partial charge is 0.280 e. The van der Waals surface area contributed by atoms with E-state index in [-0.39, 0.29) is 11.4 Å². The Bertz CT molecular complexity index is 302. The van der Waals surface area contributed by atoms with Gasteiger partial charge in [-0.2, -0.15) is 0 Å². The number of likely N-dealkylation sites (N-methyl/N-ethyl adjacent to an activating group) is 1. The summed E-state index contributed by atoms with van der Waals surface area (Å²) in [6.45, 7) is 4.00. The molecule has 4 N–H and O–H groups in total. The third kappa shape index (κ3) is 6.15. The molecule has 0 aliphatic carbocycles. The largest absolute Gasteiger partial charge is 0.384 e. The molecule has 0 rings (SSSR count). The van der Waals surface area contributed by atoms with Crippen LogP contribution in [0.15, 0.2) is 11.6 Å². The minimum Gasteiger partial charge on any atom is -0.384 e. The molecule has 0 aromatic heterocycles. The van der Waals surface area contributed by atoms with Crippen molar-refractivity contribution in [2.45, 2.75) is 13.8 Å². The molecule has 16 heavy (non-hydrogen) atoms. The summed E-state index contributed by atoms with van der Waals surface area (Å²) in [7, 11) is 2.65. The van der Waals surface area contributed by atoms with Crippen LogP contribution in [-0.4, -0.2) is 36.1 Å². The molecule has 0 unspecified atom stereocenters. The number of hydrogen-bond acceptors (Lipinski definition) is 4. The Kier molecular flexibility index (Phi) is 9.43. The van der Waals surface area contributed by atoms with Crippen LogP contribution < -0.4 is 5.73 Å². The maximum Gasteiger partial charge on any atom is 0.280 e. The highest BCUT2D eigenvalue weighted by Gasteiger charge is 2.17. The minimum atomic E-state index is -0.636. The molecule has 0 bridgehead atoms. The standard InChI is InChI=1S/C7H11ClN4O2.C2H6/c1-12(14-2)7(13)4(6(8)11)3-5(9)10;1-2/h3,11H,1-2H3,(H3,9,10);1-2H3/b4-3+,11-6?;. The number of halogens is 1. The first kappa shape index (κ1) is 17.0. The molecule has 1 amide bonds. The van der Waals surface area contributed by atoms with E-state index in [2.05, 4.69) is 4.84 Å².